The number of carbonyl (C=O) groups is 1. The van der Waals surface area contributed by atoms with Crippen LogP contribution < -0.4 is 5.32 Å². The molecular weight excluding hydrogens is 276 g/mol. The third kappa shape index (κ3) is 2.56. The van der Waals surface area contributed by atoms with Crippen molar-refractivity contribution in [1.82, 2.24) is 10.3 Å². The van der Waals surface area contributed by atoms with Crippen molar-refractivity contribution in [3.8, 4) is 0 Å². The average molecular weight is 292 g/mol. The van der Waals surface area contributed by atoms with E-state index in [1.807, 2.05) is 24.3 Å². The topological polar surface area (TPSA) is 79.0 Å². The fourth-order valence-corrected chi connectivity index (χ4v) is 4.49. The van der Waals surface area contributed by atoms with Crippen LogP contribution in [0.1, 0.15) is 16.8 Å². The molecule has 0 saturated carbocycles. The number of fused-ring (bicyclic) bond motifs is 1. The van der Waals surface area contributed by atoms with E-state index in [9.17, 15) is 13.2 Å². The second-order valence-corrected chi connectivity index (χ2v) is 7.46. The molecule has 0 bridgehead atoms. The number of para-hydroxylation sites is 1. The van der Waals surface area contributed by atoms with Crippen molar-refractivity contribution in [2.45, 2.75) is 6.42 Å². The monoisotopic (exact) mass is 292 g/mol. The summed E-state index contributed by atoms with van der Waals surface area (Å²) in [6.45, 7) is 0.414. The van der Waals surface area contributed by atoms with E-state index in [1.54, 1.807) is 6.20 Å². The Kier molecular flexibility index (Phi) is 3.25. The Labute approximate surface area is 117 Å². The van der Waals surface area contributed by atoms with Crippen LogP contribution in [0.15, 0.2) is 30.5 Å². The summed E-state index contributed by atoms with van der Waals surface area (Å²) in [5, 5.41) is 3.71. The summed E-state index contributed by atoms with van der Waals surface area (Å²) in [5.74, 6) is 0.294. The lowest BCUT2D eigenvalue weighted by Gasteiger charge is -2.09. The van der Waals surface area contributed by atoms with Crippen molar-refractivity contribution in [2.75, 3.05) is 18.1 Å². The van der Waals surface area contributed by atoms with E-state index in [2.05, 4.69) is 10.3 Å². The van der Waals surface area contributed by atoms with Crippen molar-refractivity contribution in [3.05, 3.63) is 36.0 Å². The second-order valence-electron chi connectivity index (χ2n) is 5.23. The van der Waals surface area contributed by atoms with E-state index >= 15 is 0 Å². The van der Waals surface area contributed by atoms with Gasteiger partial charge in [0, 0.05) is 23.6 Å². The zero-order valence-electron chi connectivity index (χ0n) is 10.9. The lowest BCUT2D eigenvalue weighted by atomic mass is 10.1. The van der Waals surface area contributed by atoms with Gasteiger partial charge in [0.15, 0.2) is 9.84 Å². The molecule has 20 heavy (non-hydrogen) atoms. The van der Waals surface area contributed by atoms with E-state index in [-0.39, 0.29) is 23.3 Å². The van der Waals surface area contributed by atoms with E-state index in [1.165, 1.54) is 0 Å². The molecule has 106 valence electrons. The molecule has 2 aromatic rings. The lowest BCUT2D eigenvalue weighted by Crippen LogP contribution is -2.29. The van der Waals surface area contributed by atoms with Gasteiger partial charge in [0.2, 0.25) is 0 Å². The maximum Gasteiger partial charge on any atom is 0.253 e. The Morgan fingerprint density at radius 1 is 1.35 bits per heavy atom. The Balaban J connectivity index is 1.68. The molecule has 0 radical (unpaired) electrons. The third-order valence-corrected chi connectivity index (χ3v) is 5.55. The molecule has 0 spiro atoms. The summed E-state index contributed by atoms with van der Waals surface area (Å²) in [6.07, 6.45) is 2.32. The molecule has 1 aliphatic rings. The first-order valence-corrected chi connectivity index (χ1v) is 8.42. The van der Waals surface area contributed by atoms with Crippen molar-refractivity contribution in [1.29, 1.82) is 0 Å². The third-order valence-electron chi connectivity index (χ3n) is 3.71. The van der Waals surface area contributed by atoms with Crippen LogP contribution in [-0.4, -0.2) is 37.4 Å². The van der Waals surface area contributed by atoms with Gasteiger partial charge in [-0.05, 0) is 18.4 Å². The SMILES string of the molecule is O=C(NC[C@H]1CCS(=O)(=O)C1)c1c[nH]c2ccccc12. The molecule has 1 aromatic carbocycles. The minimum atomic E-state index is -2.89. The Morgan fingerprint density at radius 3 is 2.90 bits per heavy atom. The first-order valence-electron chi connectivity index (χ1n) is 6.60. The molecule has 0 unspecified atom stereocenters. The van der Waals surface area contributed by atoms with E-state index in [0.29, 0.717) is 18.5 Å². The molecule has 1 saturated heterocycles. The highest BCUT2D eigenvalue weighted by molar-refractivity contribution is 7.91. The molecule has 1 amide bonds. The van der Waals surface area contributed by atoms with Crippen LogP contribution in [0.4, 0.5) is 0 Å². The number of aromatic amines is 1. The predicted molar refractivity (Wildman–Crippen MR) is 77.4 cm³/mol. The van der Waals surface area contributed by atoms with Crippen LogP contribution in [0.3, 0.4) is 0 Å². The van der Waals surface area contributed by atoms with E-state index < -0.39 is 9.84 Å². The quantitative estimate of drug-likeness (QED) is 0.896. The number of rotatable bonds is 3. The fourth-order valence-electron chi connectivity index (χ4n) is 2.62. The number of aromatic nitrogens is 1. The van der Waals surface area contributed by atoms with Crippen LogP contribution in [0, 0.1) is 5.92 Å². The molecule has 0 aliphatic carbocycles. The normalized spacial score (nSPS) is 21.1. The van der Waals surface area contributed by atoms with Gasteiger partial charge < -0.3 is 10.3 Å². The smallest absolute Gasteiger partial charge is 0.253 e. The van der Waals surface area contributed by atoms with Crippen molar-refractivity contribution in [3.63, 3.8) is 0 Å². The maximum atomic E-state index is 12.2. The van der Waals surface area contributed by atoms with Gasteiger partial charge >= 0.3 is 0 Å². The van der Waals surface area contributed by atoms with Crippen LogP contribution in [0.25, 0.3) is 10.9 Å². The summed E-state index contributed by atoms with van der Waals surface area (Å²) in [5.41, 5.74) is 1.52. The molecule has 5 nitrogen and oxygen atoms in total. The number of hydrogen-bond donors (Lipinski definition) is 2. The van der Waals surface area contributed by atoms with Gasteiger partial charge in [0.25, 0.3) is 5.91 Å². The van der Waals surface area contributed by atoms with Gasteiger partial charge in [-0.15, -0.1) is 0 Å². The fraction of sp³-hybridized carbons (Fsp3) is 0.357. The number of H-pyrrole nitrogens is 1. The van der Waals surface area contributed by atoms with Crippen LogP contribution in [-0.2, 0) is 9.84 Å². The van der Waals surface area contributed by atoms with Crippen LogP contribution in [0.5, 0.6) is 0 Å². The zero-order chi connectivity index (χ0) is 14.2. The first kappa shape index (κ1) is 13.2. The van der Waals surface area contributed by atoms with E-state index in [0.717, 1.165) is 10.9 Å². The molecule has 6 heteroatoms. The number of nitrogens with one attached hydrogen (secondary N) is 2. The summed E-state index contributed by atoms with van der Waals surface area (Å²) in [7, 11) is -2.89. The molecule has 2 heterocycles. The Bertz CT molecular complexity index is 749. The molecule has 1 aromatic heterocycles. The van der Waals surface area contributed by atoms with E-state index in [4.69, 9.17) is 0 Å². The Morgan fingerprint density at radius 2 is 2.15 bits per heavy atom. The largest absolute Gasteiger partial charge is 0.360 e. The average Bonchev–Trinajstić information content (AvgIpc) is 2.99. The number of hydrogen-bond acceptors (Lipinski definition) is 3. The van der Waals surface area contributed by atoms with Gasteiger partial charge in [-0.1, -0.05) is 18.2 Å². The molecule has 1 fully saturated rings. The highest BCUT2D eigenvalue weighted by Gasteiger charge is 2.28. The standard InChI is InChI=1S/C14H16N2O3S/c17-14(16-7-10-5-6-20(18,19)9-10)12-8-15-13-4-2-1-3-11(12)13/h1-4,8,10,15H,5-7,9H2,(H,16,17)/t10-/m1/s1. The molecular formula is C14H16N2O3S. The predicted octanol–water partition coefficient (Wildman–Crippen LogP) is 1.33. The second kappa shape index (κ2) is 4.94. The highest BCUT2D eigenvalue weighted by atomic mass is 32.2. The first-order chi connectivity index (χ1) is 9.55. The van der Waals surface area contributed by atoms with Gasteiger partial charge in [-0.2, -0.15) is 0 Å². The lowest BCUT2D eigenvalue weighted by molar-refractivity contribution is 0.0950. The maximum absolute atomic E-state index is 12.2. The van der Waals surface area contributed by atoms with Crippen molar-refractivity contribution in [2.24, 2.45) is 5.92 Å². The summed E-state index contributed by atoms with van der Waals surface area (Å²) >= 11 is 0. The minimum absolute atomic E-state index is 0.0363. The minimum Gasteiger partial charge on any atom is -0.360 e. The highest BCUT2D eigenvalue weighted by Crippen LogP contribution is 2.19. The molecule has 1 atom stereocenters. The molecule has 3 rings (SSSR count). The summed E-state index contributed by atoms with van der Waals surface area (Å²) in [6, 6.07) is 7.59. The Hall–Kier alpha value is -1.82. The summed E-state index contributed by atoms with van der Waals surface area (Å²) < 4.78 is 22.7. The number of benzene rings is 1. The molecule has 1 aliphatic heterocycles. The van der Waals surface area contributed by atoms with Crippen molar-refractivity contribution < 1.29 is 13.2 Å². The number of amides is 1. The number of sulfone groups is 1. The zero-order valence-corrected chi connectivity index (χ0v) is 11.7. The van der Waals surface area contributed by atoms with Gasteiger partial charge in [0.1, 0.15) is 0 Å². The van der Waals surface area contributed by atoms with Gasteiger partial charge in [-0.25, -0.2) is 8.42 Å². The van der Waals surface area contributed by atoms with Gasteiger partial charge in [0.05, 0.1) is 17.1 Å². The number of carbonyl (C=O) groups excluding carboxylic acids is 1. The van der Waals surface area contributed by atoms with Crippen LogP contribution in [0.2, 0.25) is 0 Å². The van der Waals surface area contributed by atoms with Gasteiger partial charge in [-0.3, -0.25) is 4.79 Å². The van der Waals surface area contributed by atoms with Crippen LogP contribution >= 0.6 is 0 Å². The molecule has 2 N–H and O–H groups in total. The van der Waals surface area contributed by atoms with Crippen molar-refractivity contribution >= 4 is 26.6 Å². The summed E-state index contributed by atoms with van der Waals surface area (Å²) in [4.78, 5) is 15.2.